The normalized spacial score (nSPS) is 23.0. The predicted molar refractivity (Wildman–Crippen MR) is 79.8 cm³/mol. The van der Waals surface area contributed by atoms with Crippen LogP contribution in [0.15, 0.2) is 18.2 Å². The van der Waals surface area contributed by atoms with Gasteiger partial charge in [0.15, 0.2) is 0 Å². The molecule has 1 aliphatic rings. The molecule has 2 rings (SSSR count). The molecule has 0 aromatic heterocycles. The smallest absolute Gasteiger partial charge is 0.337 e. The van der Waals surface area contributed by atoms with E-state index in [1.54, 1.807) is 12.1 Å². The fourth-order valence-corrected chi connectivity index (χ4v) is 2.79. The minimum atomic E-state index is -0.337. The zero-order chi connectivity index (χ0) is 14.8. The van der Waals surface area contributed by atoms with Crippen LogP contribution in [0.1, 0.15) is 29.3 Å². The van der Waals surface area contributed by atoms with E-state index in [0.717, 1.165) is 31.6 Å². The van der Waals surface area contributed by atoms with E-state index in [1.165, 1.54) is 7.11 Å². The largest absolute Gasteiger partial charge is 0.465 e. The molecule has 0 saturated carbocycles. The number of methoxy groups -OCH3 is 1. The highest BCUT2D eigenvalue weighted by atomic mass is 35.5. The third-order valence-corrected chi connectivity index (χ3v) is 4.36. The third kappa shape index (κ3) is 3.32. The van der Waals surface area contributed by atoms with Gasteiger partial charge in [0.05, 0.1) is 12.7 Å². The lowest BCUT2D eigenvalue weighted by Crippen LogP contribution is -2.31. The van der Waals surface area contributed by atoms with E-state index in [4.69, 9.17) is 22.1 Å². The minimum Gasteiger partial charge on any atom is -0.465 e. The van der Waals surface area contributed by atoms with Crippen LogP contribution < -0.4 is 5.73 Å². The van der Waals surface area contributed by atoms with Crippen LogP contribution in [0.2, 0.25) is 5.02 Å². The summed E-state index contributed by atoms with van der Waals surface area (Å²) in [7, 11) is 1.38. The lowest BCUT2D eigenvalue weighted by atomic mass is 9.90. The molecule has 4 nitrogen and oxygen atoms in total. The number of nitrogens with two attached hydrogens (primary N) is 1. The second-order valence-corrected chi connectivity index (χ2v) is 6.18. The molecule has 1 fully saturated rings. The molecule has 2 N–H and O–H groups in total. The van der Waals surface area contributed by atoms with Crippen LogP contribution in [0.3, 0.4) is 0 Å². The maximum absolute atomic E-state index is 11.6. The van der Waals surface area contributed by atoms with Gasteiger partial charge in [0.1, 0.15) is 0 Å². The molecule has 1 aromatic rings. The molecule has 1 atom stereocenters. The van der Waals surface area contributed by atoms with Gasteiger partial charge in [-0.2, -0.15) is 0 Å². The Morgan fingerprint density at radius 1 is 1.55 bits per heavy atom. The molecule has 20 heavy (non-hydrogen) atoms. The molecule has 110 valence electrons. The average Bonchev–Trinajstić information content (AvgIpc) is 2.82. The number of esters is 1. The monoisotopic (exact) mass is 296 g/mol. The van der Waals surface area contributed by atoms with Gasteiger partial charge in [0.2, 0.25) is 0 Å². The van der Waals surface area contributed by atoms with Gasteiger partial charge >= 0.3 is 5.97 Å². The summed E-state index contributed by atoms with van der Waals surface area (Å²) in [6.45, 7) is 5.60. The second-order valence-electron chi connectivity index (χ2n) is 5.77. The molecule has 5 heteroatoms. The van der Waals surface area contributed by atoms with Crippen LogP contribution in [0.5, 0.6) is 0 Å². The predicted octanol–water partition coefficient (Wildman–Crippen LogP) is 2.30. The van der Waals surface area contributed by atoms with Gasteiger partial charge in [0, 0.05) is 18.1 Å². The molecule has 1 unspecified atom stereocenters. The Morgan fingerprint density at radius 3 is 2.90 bits per heavy atom. The SMILES string of the molecule is COC(=O)c1ccc(Cl)c(CN2CCC(C)(CN)C2)c1. The van der Waals surface area contributed by atoms with Crippen molar-refractivity contribution in [3.63, 3.8) is 0 Å². The Kier molecular flexibility index (Phi) is 4.68. The van der Waals surface area contributed by atoms with E-state index in [9.17, 15) is 4.79 Å². The number of benzene rings is 1. The summed E-state index contributed by atoms with van der Waals surface area (Å²) in [5, 5.41) is 0.680. The van der Waals surface area contributed by atoms with Crippen molar-refractivity contribution < 1.29 is 9.53 Å². The molecule has 0 bridgehead atoms. The molecule has 1 saturated heterocycles. The van der Waals surface area contributed by atoms with Gasteiger partial charge in [-0.25, -0.2) is 4.79 Å². The van der Waals surface area contributed by atoms with E-state index in [0.29, 0.717) is 17.1 Å². The highest BCUT2D eigenvalue weighted by molar-refractivity contribution is 6.31. The van der Waals surface area contributed by atoms with Crippen LogP contribution >= 0.6 is 11.6 Å². The van der Waals surface area contributed by atoms with Gasteiger partial charge in [-0.1, -0.05) is 18.5 Å². The number of ether oxygens (including phenoxy) is 1. The van der Waals surface area contributed by atoms with E-state index < -0.39 is 0 Å². The number of nitrogens with zero attached hydrogens (tertiary/aromatic N) is 1. The van der Waals surface area contributed by atoms with Crippen LogP contribution in [0.25, 0.3) is 0 Å². The number of halogens is 1. The number of likely N-dealkylation sites (tertiary alicyclic amines) is 1. The number of carbonyl (C=O) groups is 1. The zero-order valence-electron chi connectivity index (χ0n) is 12.0. The Morgan fingerprint density at radius 2 is 2.30 bits per heavy atom. The third-order valence-electron chi connectivity index (χ3n) is 3.99. The minimum absolute atomic E-state index is 0.187. The van der Waals surface area contributed by atoms with E-state index >= 15 is 0 Å². The summed E-state index contributed by atoms with van der Waals surface area (Å²) in [4.78, 5) is 13.9. The van der Waals surface area contributed by atoms with Gasteiger partial charge in [0.25, 0.3) is 0 Å². The molecule has 0 spiro atoms. The van der Waals surface area contributed by atoms with Gasteiger partial charge in [-0.05, 0) is 48.7 Å². The van der Waals surface area contributed by atoms with Crippen molar-refractivity contribution in [2.24, 2.45) is 11.1 Å². The molecule has 1 heterocycles. The number of hydrogen-bond acceptors (Lipinski definition) is 4. The Hall–Kier alpha value is -1.10. The van der Waals surface area contributed by atoms with Gasteiger partial charge in [-0.15, -0.1) is 0 Å². The zero-order valence-corrected chi connectivity index (χ0v) is 12.7. The van der Waals surface area contributed by atoms with Crippen LogP contribution in [-0.4, -0.2) is 37.6 Å². The first-order valence-electron chi connectivity index (χ1n) is 6.76. The summed E-state index contributed by atoms with van der Waals surface area (Å²) in [6.07, 6.45) is 1.10. The highest BCUT2D eigenvalue weighted by Gasteiger charge is 2.32. The molecule has 1 aliphatic heterocycles. The fraction of sp³-hybridized carbons (Fsp3) is 0.533. The van der Waals surface area contributed by atoms with Crippen molar-refractivity contribution in [3.05, 3.63) is 34.3 Å². The summed E-state index contributed by atoms with van der Waals surface area (Å²) in [5.41, 5.74) is 7.50. The van der Waals surface area contributed by atoms with E-state index in [-0.39, 0.29) is 11.4 Å². The molecule has 0 aliphatic carbocycles. The molecule has 0 radical (unpaired) electrons. The standard InChI is InChI=1S/C15H21ClN2O2/c1-15(9-17)5-6-18(10-15)8-12-7-11(14(19)20-2)3-4-13(12)16/h3-4,7H,5-6,8-10,17H2,1-2H3. The van der Waals surface area contributed by atoms with Crippen molar-refractivity contribution in [1.29, 1.82) is 0 Å². The summed E-state index contributed by atoms with van der Waals surface area (Å²) in [6, 6.07) is 5.25. The Labute approximate surface area is 124 Å². The van der Waals surface area contributed by atoms with E-state index in [2.05, 4.69) is 11.8 Å². The number of carbonyl (C=O) groups excluding carboxylic acids is 1. The van der Waals surface area contributed by atoms with Gasteiger partial charge < -0.3 is 10.5 Å². The van der Waals surface area contributed by atoms with Crippen molar-refractivity contribution in [2.75, 3.05) is 26.7 Å². The molecular weight excluding hydrogens is 276 g/mol. The van der Waals surface area contributed by atoms with Crippen molar-refractivity contribution in [2.45, 2.75) is 19.9 Å². The first kappa shape index (κ1) is 15.3. The summed E-state index contributed by atoms with van der Waals surface area (Å²) in [5.74, 6) is -0.337. The average molecular weight is 297 g/mol. The van der Waals surface area contributed by atoms with Crippen LogP contribution in [-0.2, 0) is 11.3 Å². The Bertz CT molecular complexity index is 507. The lowest BCUT2D eigenvalue weighted by molar-refractivity contribution is 0.0600. The van der Waals surface area contributed by atoms with Crippen molar-refractivity contribution in [3.8, 4) is 0 Å². The van der Waals surface area contributed by atoms with Crippen LogP contribution in [0.4, 0.5) is 0 Å². The lowest BCUT2D eigenvalue weighted by Gasteiger charge is -2.23. The van der Waals surface area contributed by atoms with Gasteiger partial charge in [-0.3, -0.25) is 4.90 Å². The number of rotatable bonds is 4. The fourth-order valence-electron chi connectivity index (χ4n) is 2.61. The van der Waals surface area contributed by atoms with Crippen molar-refractivity contribution in [1.82, 2.24) is 4.90 Å². The quantitative estimate of drug-likeness (QED) is 0.866. The van der Waals surface area contributed by atoms with Crippen molar-refractivity contribution >= 4 is 17.6 Å². The first-order chi connectivity index (χ1) is 9.47. The first-order valence-corrected chi connectivity index (χ1v) is 7.14. The molecule has 0 amide bonds. The molecular formula is C15H21ClN2O2. The molecule has 1 aromatic carbocycles. The number of hydrogen-bond donors (Lipinski definition) is 1. The Balaban J connectivity index is 2.12. The maximum Gasteiger partial charge on any atom is 0.337 e. The second kappa shape index (κ2) is 6.12. The van der Waals surface area contributed by atoms with E-state index in [1.807, 2.05) is 6.07 Å². The highest BCUT2D eigenvalue weighted by Crippen LogP contribution is 2.30. The maximum atomic E-state index is 11.6. The summed E-state index contributed by atoms with van der Waals surface area (Å²) >= 11 is 6.22. The topological polar surface area (TPSA) is 55.6 Å². The summed E-state index contributed by atoms with van der Waals surface area (Å²) < 4.78 is 4.74. The van der Waals surface area contributed by atoms with Crippen LogP contribution in [0, 0.1) is 5.41 Å².